The Morgan fingerprint density at radius 3 is 2.78 bits per heavy atom. The van der Waals surface area contributed by atoms with Crippen LogP contribution in [-0.4, -0.2) is 64.0 Å². The van der Waals surface area contributed by atoms with E-state index >= 15 is 0 Å². The first kappa shape index (κ1) is 24.3. The van der Waals surface area contributed by atoms with Crippen LogP contribution < -0.4 is 10.9 Å². The zero-order valence-corrected chi connectivity index (χ0v) is 20.4. The Labute approximate surface area is 211 Å². The summed E-state index contributed by atoms with van der Waals surface area (Å²) in [6, 6.07) is 9.53. The summed E-state index contributed by atoms with van der Waals surface area (Å²) in [6.45, 7) is 2.94. The summed E-state index contributed by atoms with van der Waals surface area (Å²) in [5.41, 5.74) is 1.70. The number of β-amino-alcohol motifs (C(OH)–C–C–N with tert-alkyl or cyclic N) is 1. The maximum absolute atomic E-state index is 14.8. The highest BCUT2D eigenvalue weighted by molar-refractivity contribution is 6.30. The van der Waals surface area contributed by atoms with Crippen molar-refractivity contribution in [2.45, 2.75) is 31.9 Å². The zero-order chi connectivity index (χ0) is 25.6. The minimum absolute atomic E-state index is 0.0632. The van der Waals surface area contributed by atoms with E-state index in [0.29, 0.717) is 36.3 Å². The second-order valence-electron chi connectivity index (χ2n) is 9.33. The number of H-pyrrole nitrogens is 1. The number of aliphatic hydroxyl groups excluding tert-OH is 1. The highest BCUT2D eigenvalue weighted by Crippen LogP contribution is 2.31. The van der Waals surface area contributed by atoms with Crippen molar-refractivity contribution in [2.24, 2.45) is 0 Å². The SMILES string of the molecule is C[C@H]1c2ccc(Cl)cc2CCN1C(=O)CNc1cc2cc(C(=O)N3CC[C@@H](O)C3)[nH]c(=O)c2cc1F. The van der Waals surface area contributed by atoms with Gasteiger partial charge in [0.1, 0.15) is 11.5 Å². The molecule has 3 N–H and O–H groups in total. The number of benzene rings is 2. The fourth-order valence-corrected chi connectivity index (χ4v) is 5.24. The molecule has 2 amide bonds. The van der Waals surface area contributed by atoms with E-state index < -0.39 is 23.4 Å². The lowest BCUT2D eigenvalue weighted by atomic mass is 9.93. The predicted molar refractivity (Wildman–Crippen MR) is 135 cm³/mol. The monoisotopic (exact) mass is 512 g/mol. The number of aliphatic hydroxyl groups is 1. The molecule has 0 aliphatic carbocycles. The number of aromatic amines is 1. The molecular weight excluding hydrogens is 487 g/mol. The molecule has 0 spiro atoms. The van der Waals surface area contributed by atoms with Gasteiger partial charge in [0.05, 0.1) is 29.8 Å². The van der Waals surface area contributed by atoms with Gasteiger partial charge in [-0.2, -0.15) is 0 Å². The van der Waals surface area contributed by atoms with Crippen LogP contribution in [0.15, 0.2) is 41.2 Å². The quantitative estimate of drug-likeness (QED) is 0.498. The Morgan fingerprint density at radius 1 is 1.22 bits per heavy atom. The van der Waals surface area contributed by atoms with E-state index in [1.54, 1.807) is 11.0 Å². The lowest BCUT2D eigenvalue weighted by Crippen LogP contribution is -2.41. The number of carbonyl (C=O) groups excluding carboxylic acids is 2. The first-order valence-electron chi connectivity index (χ1n) is 11.9. The van der Waals surface area contributed by atoms with Gasteiger partial charge in [-0.25, -0.2) is 4.39 Å². The van der Waals surface area contributed by atoms with Crippen LogP contribution in [0.1, 0.15) is 41.0 Å². The molecule has 5 rings (SSSR count). The summed E-state index contributed by atoms with van der Waals surface area (Å²) < 4.78 is 14.8. The lowest BCUT2D eigenvalue weighted by Gasteiger charge is -2.35. The Morgan fingerprint density at radius 2 is 2.03 bits per heavy atom. The number of anilines is 1. The van der Waals surface area contributed by atoms with Crippen LogP contribution in [0.3, 0.4) is 0 Å². The molecule has 188 valence electrons. The molecule has 0 unspecified atom stereocenters. The number of amides is 2. The Bertz CT molecular complexity index is 1430. The summed E-state index contributed by atoms with van der Waals surface area (Å²) in [4.78, 5) is 44.0. The topological polar surface area (TPSA) is 106 Å². The molecule has 2 atom stereocenters. The number of aromatic nitrogens is 1. The highest BCUT2D eigenvalue weighted by Gasteiger charge is 2.28. The third-order valence-corrected chi connectivity index (χ3v) is 7.24. The zero-order valence-electron chi connectivity index (χ0n) is 19.7. The maximum Gasteiger partial charge on any atom is 0.270 e. The van der Waals surface area contributed by atoms with Gasteiger partial charge in [0.2, 0.25) is 5.91 Å². The van der Waals surface area contributed by atoms with Crippen LogP contribution in [0, 0.1) is 5.82 Å². The van der Waals surface area contributed by atoms with E-state index in [1.165, 1.54) is 17.0 Å². The molecule has 0 saturated carbocycles. The summed E-state index contributed by atoms with van der Waals surface area (Å²) >= 11 is 6.09. The average Bonchev–Trinajstić information content (AvgIpc) is 3.28. The van der Waals surface area contributed by atoms with Crippen molar-refractivity contribution in [3.63, 3.8) is 0 Å². The van der Waals surface area contributed by atoms with Crippen LogP contribution in [0.2, 0.25) is 5.02 Å². The molecular formula is C26H26ClFN4O4. The van der Waals surface area contributed by atoms with Gasteiger partial charge in [-0.15, -0.1) is 0 Å². The third kappa shape index (κ3) is 4.56. The molecule has 3 heterocycles. The van der Waals surface area contributed by atoms with Gasteiger partial charge < -0.3 is 25.2 Å². The number of carbonyl (C=O) groups is 2. The number of fused-ring (bicyclic) bond motifs is 2. The highest BCUT2D eigenvalue weighted by atomic mass is 35.5. The number of nitrogens with zero attached hydrogens (tertiary/aromatic N) is 2. The summed E-state index contributed by atoms with van der Waals surface area (Å²) in [5.74, 6) is -1.26. The Hall–Kier alpha value is -3.43. The van der Waals surface area contributed by atoms with Gasteiger partial charge in [0.25, 0.3) is 11.5 Å². The average molecular weight is 513 g/mol. The first-order chi connectivity index (χ1) is 17.2. The molecule has 8 nitrogen and oxygen atoms in total. The van der Waals surface area contributed by atoms with E-state index in [9.17, 15) is 23.9 Å². The van der Waals surface area contributed by atoms with Gasteiger partial charge >= 0.3 is 0 Å². The molecule has 0 bridgehead atoms. The van der Waals surface area contributed by atoms with Crippen molar-refractivity contribution in [2.75, 3.05) is 31.5 Å². The fourth-order valence-electron chi connectivity index (χ4n) is 5.05. The molecule has 1 saturated heterocycles. The van der Waals surface area contributed by atoms with Gasteiger partial charge in [-0.1, -0.05) is 17.7 Å². The molecule has 2 aliphatic rings. The molecule has 36 heavy (non-hydrogen) atoms. The van der Waals surface area contributed by atoms with Gasteiger partial charge in [-0.3, -0.25) is 14.4 Å². The van der Waals surface area contributed by atoms with Crippen LogP contribution in [0.4, 0.5) is 10.1 Å². The molecule has 0 radical (unpaired) electrons. The van der Waals surface area contributed by atoms with Crippen molar-refractivity contribution in [1.29, 1.82) is 0 Å². The molecule has 2 aliphatic heterocycles. The van der Waals surface area contributed by atoms with E-state index in [0.717, 1.165) is 17.2 Å². The third-order valence-electron chi connectivity index (χ3n) is 7.01. The molecule has 3 aromatic rings. The smallest absolute Gasteiger partial charge is 0.270 e. The molecule has 2 aromatic carbocycles. The van der Waals surface area contributed by atoms with Gasteiger partial charge in [0.15, 0.2) is 0 Å². The minimum atomic E-state index is -0.672. The van der Waals surface area contributed by atoms with Crippen molar-refractivity contribution in [1.82, 2.24) is 14.8 Å². The van der Waals surface area contributed by atoms with Crippen LogP contribution in [0.25, 0.3) is 10.8 Å². The normalized spacial score (nSPS) is 19.4. The molecule has 10 heteroatoms. The fraction of sp³-hybridized carbons (Fsp3) is 0.346. The molecule has 1 fully saturated rings. The second-order valence-corrected chi connectivity index (χ2v) is 9.77. The van der Waals surface area contributed by atoms with E-state index in [-0.39, 0.29) is 41.8 Å². The molecule has 1 aromatic heterocycles. The van der Waals surface area contributed by atoms with E-state index in [4.69, 9.17) is 11.6 Å². The minimum Gasteiger partial charge on any atom is -0.391 e. The number of hydrogen-bond acceptors (Lipinski definition) is 5. The number of hydrogen-bond donors (Lipinski definition) is 3. The van der Waals surface area contributed by atoms with Crippen molar-refractivity contribution < 1.29 is 19.1 Å². The summed E-state index contributed by atoms with van der Waals surface area (Å²) in [6.07, 6.45) is 0.577. The van der Waals surface area contributed by atoms with Crippen LogP contribution in [0.5, 0.6) is 0 Å². The standard InChI is InChI=1S/C26H26ClFN4O4/c1-14-19-3-2-17(27)8-15(19)4-7-32(14)24(34)12-29-22-9-16-10-23(26(36)31-6-5-18(33)13-31)30-25(35)20(16)11-21(22)28/h2-3,8-11,14,18,29,33H,4-7,12-13H2,1H3,(H,30,35)/t14-,18+/m0/s1. The number of likely N-dealkylation sites (tertiary alicyclic amines) is 1. The Kier molecular flexibility index (Phi) is 6.44. The van der Waals surface area contributed by atoms with Crippen molar-refractivity contribution in [3.8, 4) is 0 Å². The van der Waals surface area contributed by atoms with Gasteiger partial charge in [0, 0.05) is 24.7 Å². The van der Waals surface area contributed by atoms with Crippen LogP contribution in [-0.2, 0) is 11.2 Å². The number of pyridine rings is 1. The van der Waals surface area contributed by atoms with Crippen LogP contribution >= 0.6 is 11.6 Å². The largest absolute Gasteiger partial charge is 0.391 e. The van der Waals surface area contributed by atoms with Crippen molar-refractivity contribution >= 4 is 39.9 Å². The number of nitrogens with one attached hydrogen (secondary N) is 2. The summed E-state index contributed by atoms with van der Waals surface area (Å²) in [5, 5.41) is 13.7. The number of halogens is 2. The van der Waals surface area contributed by atoms with Gasteiger partial charge in [-0.05, 0) is 66.6 Å². The van der Waals surface area contributed by atoms with Crippen molar-refractivity contribution in [3.05, 3.63) is 74.4 Å². The Balaban J connectivity index is 1.34. The summed E-state index contributed by atoms with van der Waals surface area (Å²) in [7, 11) is 0. The second kappa shape index (κ2) is 9.55. The maximum atomic E-state index is 14.8. The lowest BCUT2D eigenvalue weighted by molar-refractivity contribution is -0.131. The predicted octanol–water partition coefficient (Wildman–Crippen LogP) is 3.09. The van der Waals surface area contributed by atoms with E-state index in [1.807, 2.05) is 19.1 Å². The number of rotatable bonds is 4. The first-order valence-corrected chi connectivity index (χ1v) is 12.2. The van der Waals surface area contributed by atoms with E-state index in [2.05, 4.69) is 10.3 Å².